The first kappa shape index (κ1) is 18.2. The van der Waals surface area contributed by atoms with E-state index in [1.165, 1.54) is 5.56 Å². The van der Waals surface area contributed by atoms with E-state index in [1.54, 1.807) is 13.8 Å². The lowest BCUT2D eigenvalue weighted by Crippen LogP contribution is -2.13. The number of hydrogen-bond donors (Lipinski definition) is 0. The Hall–Kier alpha value is -1.84. The van der Waals surface area contributed by atoms with Crippen molar-refractivity contribution in [1.82, 2.24) is 0 Å². The fourth-order valence-electron chi connectivity index (χ4n) is 2.35. The third kappa shape index (κ3) is 6.29. The third-order valence-electron chi connectivity index (χ3n) is 3.19. The van der Waals surface area contributed by atoms with Gasteiger partial charge in [-0.1, -0.05) is 32.0 Å². The molecule has 0 aliphatic rings. The van der Waals surface area contributed by atoms with Gasteiger partial charge in [0.05, 0.1) is 26.1 Å². The first-order valence-electron chi connectivity index (χ1n) is 7.88. The number of esters is 2. The molecule has 1 aromatic rings. The first-order valence-corrected chi connectivity index (χ1v) is 7.88. The van der Waals surface area contributed by atoms with Gasteiger partial charge in [0.15, 0.2) is 0 Å². The van der Waals surface area contributed by atoms with Gasteiger partial charge in [0.25, 0.3) is 0 Å². The monoisotopic (exact) mass is 306 g/mol. The van der Waals surface area contributed by atoms with E-state index in [9.17, 15) is 9.59 Å². The second kappa shape index (κ2) is 9.23. The number of rotatable bonds is 8. The maximum absolute atomic E-state index is 11.8. The van der Waals surface area contributed by atoms with Crippen molar-refractivity contribution < 1.29 is 19.1 Å². The Balaban J connectivity index is 2.97. The zero-order valence-corrected chi connectivity index (χ0v) is 14.0. The minimum Gasteiger partial charge on any atom is -0.466 e. The van der Waals surface area contributed by atoms with Gasteiger partial charge in [-0.25, -0.2) is 0 Å². The molecule has 0 atom stereocenters. The minimum absolute atomic E-state index is 0.185. The molecular weight excluding hydrogens is 280 g/mol. The van der Waals surface area contributed by atoms with Crippen LogP contribution >= 0.6 is 0 Å². The quantitative estimate of drug-likeness (QED) is 0.693. The normalized spacial score (nSPS) is 10.6. The zero-order chi connectivity index (χ0) is 16.5. The standard InChI is InChI=1S/C18H26O4/c1-5-21-17(19)11-15-8-7-14(9-13(3)4)10-16(15)12-18(20)22-6-2/h7-8,10,13H,5-6,9,11-12H2,1-4H3. The summed E-state index contributed by atoms with van der Waals surface area (Å²) < 4.78 is 10.0. The van der Waals surface area contributed by atoms with Gasteiger partial charge < -0.3 is 9.47 Å². The summed E-state index contributed by atoms with van der Waals surface area (Å²) in [6.07, 6.45) is 1.31. The summed E-state index contributed by atoms with van der Waals surface area (Å²) in [5, 5.41) is 0. The highest BCUT2D eigenvalue weighted by atomic mass is 16.5. The topological polar surface area (TPSA) is 52.6 Å². The van der Waals surface area contributed by atoms with Crippen LogP contribution in [-0.4, -0.2) is 25.2 Å². The van der Waals surface area contributed by atoms with Crippen molar-refractivity contribution in [1.29, 1.82) is 0 Å². The lowest BCUT2D eigenvalue weighted by Gasteiger charge is -2.12. The average Bonchev–Trinajstić information content (AvgIpc) is 2.41. The highest BCUT2D eigenvalue weighted by Gasteiger charge is 2.14. The molecule has 0 amide bonds. The summed E-state index contributed by atoms with van der Waals surface area (Å²) in [7, 11) is 0. The molecule has 1 aromatic carbocycles. The molecule has 122 valence electrons. The van der Waals surface area contributed by atoms with Crippen LogP contribution in [0.3, 0.4) is 0 Å². The second-order valence-corrected chi connectivity index (χ2v) is 5.66. The molecule has 4 nitrogen and oxygen atoms in total. The predicted octanol–water partition coefficient (Wildman–Crippen LogP) is 3.10. The molecule has 4 heteroatoms. The van der Waals surface area contributed by atoms with Crippen LogP contribution in [0.4, 0.5) is 0 Å². The molecule has 0 aliphatic carbocycles. The predicted molar refractivity (Wildman–Crippen MR) is 85.7 cm³/mol. The number of benzene rings is 1. The second-order valence-electron chi connectivity index (χ2n) is 5.66. The molecule has 0 heterocycles. The number of carbonyl (C=O) groups excluding carboxylic acids is 2. The zero-order valence-electron chi connectivity index (χ0n) is 14.0. The van der Waals surface area contributed by atoms with Crippen molar-refractivity contribution in [3.05, 3.63) is 34.9 Å². The summed E-state index contributed by atoms with van der Waals surface area (Å²) in [6.45, 7) is 8.58. The third-order valence-corrected chi connectivity index (χ3v) is 3.19. The molecule has 0 fully saturated rings. The number of carbonyl (C=O) groups is 2. The molecule has 22 heavy (non-hydrogen) atoms. The molecule has 0 aromatic heterocycles. The van der Waals surface area contributed by atoms with Crippen LogP contribution in [0.1, 0.15) is 44.4 Å². The molecular formula is C18H26O4. The summed E-state index contributed by atoms with van der Waals surface area (Å²) in [5.74, 6) is -0.00938. The van der Waals surface area contributed by atoms with E-state index in [0.29, 0.717) is 19.1 Å². The maximum Gasteiger partial charge on any atom is 0.310 e. The molecule has 0 saturated carbocycles. The molecule has 0 saturated heterocycles. The van der Waals surface area contributed by atoms with Crippen molar-refractivity contribution in [3.63, 3.8) is 0 Å². The maximum atomic E-state index is 11.8. The average molecular weight is 306 g/mol. The molecule has 0 bridgehead atoms. The Kier molecular flexibility index (Phi) is 7.64. The lowest BCUT2D eigenvalue weighted by molar-refractivity contribution is -0.143. The van der Waals surface area contributed by atoms with Gasteiger partial charge in [0.2, 0.25) is 0 Å². The summed E-state index contributed by atoms with van der Waals surface area (Å²) in [4.78, 5) is 23.5. The van der Waals surface area contributed by atoms with Crippen molar-refractivity contribution in [2.45, 2.75) is 47.0 Å². The van der Waals surface area contributed by atoms with Crippen LogP contribution in [-0.2, 0) is 38.3 Å². The van der Waals surface area contributed by atoms with Gasteiger partial charge in [-0.3, -0.25) is 9.59 Å². The van der Waals surface area contributed by atoms with Crippen LogP contribution < -0.4 is 0 Å². The van der Waals surface area contributed by atoms with Crippen LogP contribution in [0.25, 0.3) is 0 Å². The van der Waals surface area contributed by atoms with Crippen molar-refractivity contribution in [3.8, 4) is 0 Å². The van der Waals surface area contributed by atoms with E-state index in [1.807, 2.05) is 18.2 Å². The smallest absolute Gasteiger partial charge is 0.310 e. The number of ether oxygens (including phenoxy) is 2. The van der Waals surface area contributed by atoms with Gasteiger partial charge in [0, 0.05) is 0 Å². The van der Waals surface area contributed by atoms with Crippen molar-refractivity contribution in [2.24, 2.45) is 5.92 Å². The Morgan fingerprint density at radius 2 is 1.50 bits per heavy atom. The Bertz CT molecular complexity index is 506. The molecule has 1 rings (SSSR count). The van der Waals surface area contributed by atoms with Gasteiger partial charge in [-0.2, -0.15) is 0 Å². The van der Waals surface area contributed by atoms with Crippen LogP contribution in [0.15, 0.2) is 18.2 Å². The van der Waals surface area contributed by atoms with Crippen molar-refractivity contribution in [2.75, 3.05) is 13.2 Å². The Morgan fingerprint density at radius 1 is 0.955 bits per heavy atom. The summed E-state index contributed by atoms with van der Waals surface area (Å²) >= 11 is 0. The fourth-order valence-corrected chi connectivity index (χ4v) is 2.35. The summed E-state index contributed by atoms with van der Waals surface area (Å²) in [5.41, 5.74) is 2.85. The molecule has 0 radical (unpaired) electrons. The molecule has 0 spiro atoms. The molecule has 0 unspecified atom stereocenters. The summed E-state index contributed by atoms with van der Waals surface area (Å²) in [6, 6.07) is 5.94. The van der Waals surface area contributed by atoms with E-state index in [2.05, 4.69) is 13.8 Å². The number of hydrogen-bond acceptors (Lipinski definition) is 4. The largest absolute Gasteiger partial charge is 0.466 e. The van der Waals surface area contributed by atoms with E-state index in [-0.39, 0.29) is 24.8 Å². The molecule has 0 aliphatic heterocycles. The highest BCUT2D eigenvalue weighted by molar-refractivity contribution is 5.76. The lowest BCUT2D eigenvalue weighted by atomic mass is 9.95. The first-order chi connectivity index (χ1) is 10.5. The Morgan fingerprint density at radius 3 is 2.00 bits per heavy atom. The van der Waals surface area contributed by atoms with E-state index in [0.717, 1.165) is 17.5 Å². The van der Waals surface area contributed by atoms with E-state index >= 15 is 0 Å². The van der Waals surface area contributed by atoms with Crippen LogP contribution in [0, 0.1) is 5.92 Å². The fraction of sp³-hybridized carbons (Fsp3) is 0.556. The van der Waals surface area contributed by atoms with Gasteiger partial charge in [-0.05, 0) is 42.9 Å². The van der Waals surface area contributed by atoms with Gasteiger partial charge in [0.1, 0.15) is 0 Å². The molecule has 0 N–H and O–H groups in total. The van der Waals surface area contributed by atoms with E-state index in [4.69, 9.17) is 9.47 Å². The van der Waals surface area contributed by atoms with Crippen molar-refractivity contribution >= 4 is 11.9 Å². The van der Waals surface area contributed by atoms with Gasteiger partial charge >= 0.3 is 11.9 Å². The van der Waals surface area contributed by atoms with E-state index < -0.39 is 0 Å². The SMILES string of the molecule is CCOC(=O)Cc1ccc(CC(C)C)cc1CC(=O)OCC. The van der Waals surface area contributed by atoms with Crippen LogP contribution in [0.2, 0.25) is 0 Å². The Labute approximate surface area is 132 Å². The minimum atomic E-state index is -0.274. The van der Waals surface area contributed by atoms with Gasteiger partial charge in [-0.15, -0.1) is 0 Å². The highest BCUT2D eigenvalue weighted by Crippen LogP contribution is 2.17. The van der Waals surface area contributed by atoms with Crippen LogP contribution in [0.5, 0.6) is 0 Å².